The van der Waals surface area contributed by atoms with Gasteiger partial charge < -0.3 is 3.07 Å². The van der Waals surface area contributed by atoms with E-state index in [1.807, 2.05) is 35.2 Å². The molecule has 0 N–H and O–H groups in total. The first-order valence-electron chi connectivity index (χ1n) is 4.35. The van der Waals surface area contributed by atoms with Crippen LogP contribution in [0, 0.1) is 0 Å². The van der Waals surface area contributed by atoms with Crippen molar-refractivity contribution in [2.75, 3.05) is 6.61 Å². The van der Waals surface area contributed by atoms with E-state index in [4.69, 9.17) is 3.07 Å². The van der Waals surface area contributed by atoms with Crippen molar-refractivity contribution < 1.29 is 7.46 Å². The smallest absolute Gasteiger partial charge is 0.155 e. The predicted octanol–water partition coefficient (Wildman–Crippen LogP) is 2.32. The van der Waals surface area contributed by atoms with Crippen LogP contribution in [0.4, 0.5) is 4.39 Å². The van der Waals surface area contributed by atoms with E-state index in [2.05, 4.69) is 0 Å². The van der Waals surface area contributed by atoms with Gasteiger partial charge in [0.25, 0.3) is 0 Å². The fourth-order valence-corrected chi connectivity index (χ4v) is 1.77. The van der Waals surface area contributed by atoms with Gasteiger partial charge in [-0.15, -0.1) is 0 Å². The zero-order valence-corrected chi connectivity index (χ0v) is 10.1. The first-order chi connectivity index (χ1) is 6.04. The zero-order chi connectivity index (χ0) is 9.90. The van der Waals surface area contributed by atoms with Gasteiger partial charge in [-0.1, -0.05) is 12.2 Å². The van der Waals surface area contributed by atoms with Crippen molar-refractivity contribution >= 4 is 30.9 Å². The average Bonchev–Trinajstić information content (AvgIpc) is 2.04. The molecule has 1 aliphatic carbocycles. The molecule has 1 unspecified atom stereocenters. The lowest BCUT2D eigenvalue weighted by atomic mass is 9.75. The Balaban J connectivity index is 2.65. The Hall–Kier alpha value is 0.165. The SMILES string of the molecule is BC(C)(F)C1=CC=C(COI)CC1. The van der Waals surface area contributed by atoms with E-state index in [1.165, 1.54) is 5.57 Å². The Kier molecular flexibility index (Phi) is 3.97. The summed E-state index contributed by atoms with van der Waals surface area (Å²) in [4.78, 5) is 0. The van der Waals surface area contributed by atoms with Crippen LogP contribution in [0.15, 0.2) is 23.3 Å². The van der Waals surface area contributed by atoms with Crippen LogP contribution in [0.1, 0.15) is 19.8 Å². The summed E-state index contributed by atoms with van der Waals surface area (Å²) in [7, 11) is 1.60. The summed E-state index contributed by atoms with van der Waals surface area (Å²) < 4.78 is 18.4. The normalized spacial score (nSPS) is 21.8. The molecule has 1 atom stereocenters. The molecule has 0 aromatic rings. The zero-order valence-electron chi connectivity index (χ0n) is 7.94. The summed E-state index contributed by atoms with van der Waals surface area (Å²) in [6.07, 6.45) is 5.59. The quantitative estimate of drug-likeness (QED) is 0.573. The molecular formula is C9H13BFIO. The molecule has 0 aliphatic heterocycles. The second-order valence-corrected chi connectivity index (χ2v) is 4.37. The monoisotopic (exact) mass is 294 g/mol. The highest BCUT2D eigenvalue weighted by Gasteiger charge is 2.22. The van der Waals surface area contributed by atoms with E-state index < -0.39 is 5.57 Å². The minimum atomic E-state index is -1.17. The van der Waals surface area contributed by atoms with Crippen LogP contribution in [0.2, 0.25) is 0 Å². The van der Waals surface area contributed by atoms with Gasteiger partial charge in [0.05, 0.1) is 12.2 Å². The van der Waals surface area contributed by atoms with Crippen LogP contribution in [0.3, 0.4) is 0 Å². The molecule has 1 rings (SSSR count). The van der Waals surface area contributed by atoms with Crippen LogP contribution in [-0.4, -0.2) is 20.0 Å². The second kappa shape index (κ2) is 4.60. The molecule has 0 fully saturated rings. The van der Waals surface area contributed by atoms with Gasteiger partial charge in [-0.25, -0.2) is 4.39 Å². The molecule has 0 bridgehead atoms. The molecule has 72 valence electrons. The summed E-state index contributed by atoms with van der Waals surface area (Å²) in [6, 6.07) is 0. The molecule has 1 aliphatic rings. The third-order valence-corrected chi connectivity index (χ3v) is 2.55. The molecule has 0 spiro atoms. The van der Waals surface area contributed by atoms with Gasteiger partial charge in [-0.05, 0) is 30.9 Å². The summed E-state index contributed by atoms with van der Waals surface area (Å²) in [6.45, 7) is 2.25. The highest BCUT2D eigenvalue weighted by Crippen LogP contribution is 2.28. The van der Waals surface area contributed by atoms with Crippen molar-refractivity contribution in [3.05, 3.63) is 23.3 Å². The fourth-order valence-electron chi connectivity index (χ4n) is 1.37. The van der Waals surface area contributed by atoms with Crippen molar-refractivity contribution in [3.63, 3.8) is 0 Å². The topological polar surface area (TPSA) is 9.23 Å². The maximum absolute atomic E-state index is 13.5. The van der Waals surface area contributed by atoms with E-state index in [-0.39, 0.29) is 0 Å². The summed E-state index contributed by atoms with van der Waals surface area (Å²) in [5.74, 6) is 0. The van der Waals surface area contributed by atoms with Crippen LogP contribution in [-0.2, 0) is 3.07 Å². The number of hydrogen-bond acceptors (Lipinski definition) is 1. The molecule has 0 saturated carbocycles. The number of halogens is 2. The van der Waals surface area contributed by atoms with Crippen molar-refractivity contribution in [1.82, 2.24) is 0 Å². The van der Waals surface area contributed by atoms with Gasteiger partial charge >= 0.3 is 0 Å². The Morgan fingerprint density at radius 1 is 1.62 bits per heavy atom. The van der Waals surface area contributed by atoms with Crippen LogP contribution in [0.5, 0.6) is 0 Å². The minimum absolute atomic E-state index is 0.650. The van der Waals surface area contributed by atoms with E-state index in [9.17, 15) is 4.39 Å². The molecule has 0 aromatic carbocycles. The molecule has 0 heterocycles. The molecule has 1 nitrogen and oxygen atoms in total. The summed E-state index contributed by atoms with van der Waals surface area (Å²) in [5.41, 5.74) is 0.944. The molecule has 0 amide bonds. The van der Waals surface area contributed by atoms with Gasteiger partial charge in [-0.2, -0.15) is 0 Å². The number of hydrogen-bond donors (Lipinski definition) is 0. The highest BCUT2D eigenvalue weighted by molar-refractivity contribution is 14.1. The number of allylic oxidation sites excluding steroid dienone is 3. The summed E-state index contributed by atoms with van der Waals surface area (Å²) >= 11 is 1.88. The molecule has 13 heavy (non-hydrogen) atoms. The maximum atomic E-state index is 13.5. The van der Waals surface area contributed by atoms with E-state index in [0.717, 1.165) is 18.4 Å². The molecular weight excluding hydrogens is 281 g/mol. The van der Waals surface area contributed by atoms with E-state index in [1.54, 1.807) is 14.8 Å². The van der Waals surface area contributed by atoms with Crippen molar-refractivity contribution in [2.24, 2.45) is 0 Å². The molecule has 4 heteroatoms. The lowest BCUT2D eigenvalue weighted by molar-refractivity contribution is 0.345. The number of alkyl halides is 1. The molecule has 0 aromatic heterocycles. The lowest BCUT2D eigenvalue weighted by Crippen LogP contribution is -2.22. The minimum Gasteiger partial charge on any atom is -0.311 e. The van der Waals surface area contributed by atoms with Gasteiger partial charge in [0.15, 0.2) is 7.85 Å². The van der Waals surface area contributed by atoms with Gasteiger partial charge in [0, 0.05) is 0 Å². The Bertz CT molecular complexity index is 242. The van der Waals surface area contributed by atoms with Crippen molar-refractivity contribution in [3.8, 4) is 0 Å². The van der Waals surface area contributed by atoms with Crippen LogP contribution in [0.25, 0.3) is 0 Å². The average molecular weight is 294 g/mol. The van der Waals surface area contributed by atoms with Crippen molar-refractivity contribution in [2.45, 2.75) is 25.3 Å². The largest absolute Gasteiger partial charge is 0.311 e. The Labute approximate surface area is 93.5 Å². The molecule has 0 saturated heterocycles. The first kappa shape index (κ1) is 11.2. The molecule has 0 radical (unpaired) electrons. The standard InChI is InChI=1S/C9H13BFIO/c1-9(10,11)8-4-2-7(3-5-8)6-13-12/h2,4H,3,5-6,10H2,1H3. The van der Waals surface area contributed by atoms with Crippen LogP contribution >= 0.6 is 23.0 Å². The predicted molar refractivity (Wildman–Crippen MR) is 63.4 cm³/mol. The van der Waals surface area contributed by atoms with E-state index >= 15 is 0 Å². The second-order valence-electron chi connectivity index (χ2n) is 3.74. The van der Waals surface area contributed by atoms with Crippen molar-refractivity contribution in [1.29, 1.82) is 0 Å². The third kappa shape index (κ3) is 3.42. The van der Waals surface area contributed by atoms with Gasteiger partial charge in [-0.3, -0.25) is 0 Å². The number of rotatable bonds is 3. The first-order valence-corrected chi connectivity index (χ1v) is 5.23. The lowest BCUT2D eigenvalue weighted by Gasteiger charge is -2.22. The van der Waals surface area contributed by atoms with Gasteiger partial charge in [0.1, 0.15) is 23.0 Å². The van der Waals surface area contributed by atoms with Crippen LogP contribution < -0.4 is 0 Å². The Morgan fingerprint density at radius 3 is 2.69 bits per heavy atom. The maximum Gasteiger partial charge on any atom is 0.155 e. The highest BCUT2D eigenvalue weighted by atomic mass is 127. The Morgan fingerprint density at radius 2 is 2.31 bits per heavy atom. The van der Waals surface area contributed by atoms with Gasteiger partial charge in [0.2, 0.25) is 0 Å². The third-order valence-electron chi connectivity index (χ3n) is 2.24. The van der Waals surface area contributed by atoms with E-state index in [0.29, 0.717) is 6.61 Å². The fraction of sp³-hybridized carbons (Fsp3) is 0.556. The summed E-state index contributed by atoms with van der Waals surface area (Å²) in [5, 5.41) is 0.